The summed E-state index contributed by atoms with van der Waals surface area (Å²) in [6.07, 6.45) is -4.58. The minimum atomic E-state index is -4.36. The number of alkyl halides is 3. The average molecular weight is 336 g/mol. The van der Waals surface area contributed by atoms with Crippen molar-refractivity contribution in [3.8, 4) is 5.75 Å². The number of ether oxygens (including phenoxy) is 1. The van der Waals surface area contributed by atoms with Crippen LogP contribution in [0.15, 0.2) is 54.6 Å². The number of hydrogen-bond donors (Lipinski definition) is 1. The number of carbonyl (C=O) groups is 1. The van der Waals surface area contributed by atoms with E-state index in [1.54, 1.807) is 17.0 Å². The van der Waals surface area contributed by atoms with E-state index in [1.807, 2.05) is 18.2 Å². The van der Waals surface area contributed by atoms with Crippen LogP contribution in [0.5, 0.6) is 5.75 Å². The van der Waals surface area contributed by atoms with Crippen LogP contribution in [0.3, 0.4) is 0 Å². The molecule has 0 unspecified atom stereocenters. The highest BCUT2D eigenvalue weighted by atomic mass is 19.4. The Balaban J connectivity index is 1.47. The summed E-state index contributed by atoms with van der Waals surface area (Å²) in [6.45, 7) is 0.777. The number of anilines is 1. The second kappa shape index (κ2) is 6.43. The van der Waals surface area contributed by atoms with Gasteiger partial charge in [-0.3, -0.25) is 0 Å². The van der Waals surface area contributed by atoms with E-state index in [9.17, 15) is 18.0 Å². The molecule has 7 heteroatoms. The number of carbonyl (C=O) groups excluding carboxylic acids is 1. The third-order valence-corrected chi connectivity index (χ3v) is 3.64. The fraction of sp³-hybridized carbons (Fsp3) is 0.235. The zero-order chi connectivity index (χ0) is 17.2. The van der Waals surface area contributed by atoms with Gasteiger partial charge in [-0.25, -0.2) is 4.79 Å². The lowest BCUT2D eigenvalue weighted by Gasteiger charge is -2.38. The molecular weight excluding hydrogens is 321 g/mol. The molecule has 0 saturated carbocycles. The van der Waals surface area contributed by atoms with Crippen LogP contribution in [0.2, 0.25) is 0 Å². The molecule has 1 saturated heterocycles. The number of amides is 2. The van der Waals surface area contributed by atoms with E-state index in [0.29, 0.717) is 24.5 Å². The number of halogens is 3. The molecule has 0 bridgehead atoms. The fourth-order valence-electron chi connectivity index (χ4n) is 2.32. The highest BCUT2D eigenvalue weighted by molar-refractivity contribution is 5.89. The Morgan fingerprint density at radius 2 is 1.67 bits per heavy atom. The first-order valence-corrected chi connectivity index (χ1v) is 7.37. The number of likely N-dealkylation sites (tertiary alicyclic amines) is 1. The lowest BCUT2D eigenvalue weighted by atomic mass is 10.1. The van der Waals surface area contributed by atoms with Gasteiger partial charge in [-0.15, -0.1) is 0 Å². The van der Waals surface area contributed by atoms with Crippen LogP contribution in [0.1, 0.15) is 5.56 Å². The SMILES string of the molecule is O=C(Nc1ccccc1)N1CC(Oc2ccc(C(F)(F)F)cc2)C1. The Labute approximate surface area is 136 Å². The Morgan fingerprint density at radius 1 is 1.04 bits per heavy atom. The topological polar surface area (TPSA) is 41.6 Å². The molecule has 0 radical (unpaired) electrons. The summed E-state index contributed by atoms with van der Waals surface area (Å²) in [6, 6.07) is 13.4. The number of nitrogens with one attached hydrogen (secondary N) is 1. The third-order valence-electron chi connectivity index (χ3n) is 3.64. The molecule has 1 heterocycles. The van der Waals surface area contributed by atoms with Crippen molar-refractivity contribution in [1.82, 2.24) is 4.90 Å². The summed E-state index contributed by atoms with van der Waals surface area (Å²) in [7, 11) is 0. The van der Waals surface area contributed by atoms with Gasteiger partial charge in [-0.05, 0) is 36.4 Å². The minimum Gasteiger partial charge on any atom is -0.487 e. The summed E-state index contributed by atoms with van der Waals surface area (Å²) in [5, 5.41) is 2.76. The Hall–Kier alpha value is -2.70. The van der Waals surface area contributed by atoms with Crippen molar-refractivity contribution < 1.29 is 22.7 Å². The lowest BCUT2D eigenvalue weighted by molar-refractivity contribution is -0.137. The number of nitrogens with zero attached hydrogens (tertiary/aromatic N) is 1. The van der Waals surface area contributed by atoms with Gasteiger partial charge < -0.3 is 15.0 Å². The summed E-state index contributed by atoms with van der Waals surface area (Å²) >= 11 is 0. The molecule has 0 aliphatic carbocycles. The highest BCUT2D eigenvalue weighted by Gasteiger charge is 2.33. The summed E-state index contributed by atoms with van der Waals surface area (Å²) in [5.41, 5.74) is -0.0121. The molecule has 0 spiro atoms. The molecule has 0 aromatic heterocycles. The van der Waals surface area contributed by atoms with Gasteiger partial charge in [0.1, 0.15) is 11.9 Å². The van der Waals surface area contributed by atoms with Crippen molar-refractivity contribution >= 4 is 11.7 Å². The maximum absolute atomic E-state index is 12.5. The van der Waals surface area contributed by atoms with Gasteiger partial charge in [0.15, 0.2) is 0 Å². The van der Waals surface area contributed by atoms with Crippen LogP contribution in [0.25, 0.3) is 0 Å². The van der Waals surface area contributed by atoms with Gasteiger partial charge in [0.25, 0.3) is 0 Å². The highest BCUT2D eigenvalue weighted by Crippen LogP contribution is 2.30. The zero-order valence-corrected chi connectivity index (χ0v) is 12.6. The first-order valence-electron chi connectivity index (χ1n) is 7.37. The number of urea groups is 1. The molecular formula is C17H15F3N2O2. The normalized spacial score (nSPS) is 14.9. The van der Waals surface area contributed by atoms with Crippen LogP contribution < -0.4 is 10.1 Å². The number of para-hydroxylation sites is 1. The second-order valence-electron chi connectivity index (χ2n) is 5.46. The first kappa shape index (κ1) is 16.2. The predicted octanol–water partition coefficient (Wildman–Crippen LogP) is 4.00. The molecule has 2 amide bonds. The maximum Gasteiger partial charge on any atom is 0.416 e. The van der Waals surface area contributed by atoms with Crippen LogP contribution in [0, 0.1) is 0 Å². The molecule has 1 fully saturated rings. The van der Waals surface area contributed by atoms with E-state index >= 15 is 0 Å². The van der Waals surface area contributed by atoms with E-state index in [0.717, 1.165) is 12.1 Å². The quantitative estimate of drug-likeness (QED) is 0.920. The van der Waals surface area contributed by atoms with Gasteiger partial charge >= 0.3 is 12.2 Å². The summed E-state index contributed by atoms with van der Waals surface area (Å²) < 4.78 is 43.0. The van der Waals surface area contributed by atoms with E-state index in [2.05, 4.69) is 5.32 Å². The monoisotopic (exact) mass is 336 g/mol. The second-order valence-corrected chi connectivity index (χ2v) is 5.46. The van der Waals surface area contributed by atoms with Crippen molar-refractivity contribution in [2.24, 2.45) is 0 Å². The van der Waals surface area contributed by atoms with E-state index in [1.165, 1.54) is 12.1 Å². The smallest absolute Gasteiger partial charge is 0.416 e. The van der Waals surface area contributed by atoms with Gasteiger partial charge in [0.05, 0.1) is 18.7 Å². The molecule has 0 atom stereocenters. The van der Waals surface area contributed by atoms with Crippen LogP contribution in [-0.4, -0.2) is 30.1 Å². The summed E-state index contributed by atoms with van der Waals surface area (Å²) in [4.78, 5) is 13.6. The van der Waals surface area contributed by atoms with Crippen molar-refractivity contribution in [2.45, 2.75) is 12.3 Å². The lowest BCUT2D eigenvalue weighted by Crippen LogP contribution is -2.57. The predicted molar refractivity (Wildman–Crippen MR) is 82.9 cm³/mol. The van der Waals surface area contributed by atoms with E-state index < -0.39 is 11.7 Å². The molecule has 2 aromatic carbocycles. The summed E-state index contributed by atoms with van der Waals surface area (Å²) in [5.74, 6) is 0.358. The fourth-order valence-corrected chi connectivity index (χ4v) is 2.32. The van der Waals surface area contributed by atoms with E-state index in [4.69, 9.17) is 4.74 Å². The van der Waals surface area contributed by atoms with E-state index in [-0.39, 0.29) is 12.1 Å². The first-order chi connectivity index (χ1) is 11.4. The van der Waals surface area contributed by atoms with Crippen molar-refractivity contribution in [3.05, 3.63) is 60.2 Å². The molecule has 2 aromatic rings. The van der Waals surface area contributed by atoms with Gasteiger partial charge in [0.2, 0.25) is 0 Å². The molecule has 24 heavy (non-hydrogen) atoms. The molecule has 126 valence electrons. The molecule has 1 N–H and O–H groups in total. The van der Waals surface area contributed by atoms with Crippen LogP contribution in [-0.2, 0) is 6.18 Å². The number of rotatable bonds is 3. The van der Waals surface area contributed by atoms with Crippen molar-refractivity contribution in [3.63, 3.8) is 0 Å². The largest absolute Gasteiger partial charge is 0.487 e. The van der Waals surface area contributed by atoms with Gasteiger partial charge in [-0.1, -0.05) is 18.2 Å². The zero-order valence-electron chi connectivity index (χ0n) is 12.6. The Kier molecular flexibility index (Phi) is 4.33. The van der Waals surface area contributed by atoms with Crippen LogP contribution in [0.4, 0.5) is 23.7 Å². The average Bonchev–Trinajstić information content (AvgIpc) is 2.51. The van der Waals surface area contributed by atoms with Gasteiger partial charge in [-0.2, -0.15) is 13.2 Å². The molecule has 4 nitrogen and oxygen atoms in total. The minimum absolute atomic E-state index is 0.219. The standard InChI is InChI=1S/C17H15F3N2O2/c18-17(19,20)12-6-8-14(9-7-12)24-15-10-22(11-15)16(23)21-13-4-2-1-3-5-13/h1-9,15H,10-11H2,(H,21,23). The maximum atomic E-state index is 12.5. The van der Waals surface area contributed by atoms with Gasteiger partial charge in [0, 0.05) is 5.69 Å². The van der Waals surface area contributed by atoms with Crippen molar-refractivity contribution in [2.75, 3.05) is 18.4 Å². The Bertz CT molecular complexity index is 696. The molecule has 1 aliphatic heterocycles. The number of benzene rings is 2. The third kappa shape index (κ3) is 3.79. The van der Waals surface area contributed by atoms with Crippen LogP contribution >= 0.6 is 0 Å². The molecule has 3 rings (SSSR count). The van der Waals surface area contributed by atoms with Crippen molar-refractivity contribution in [1.29, 1.82) is 0 Å². The number of hydrogen-bond acceptors (Lipinski definition) is 2. The Morgan fingerprint density at radius 3 is 2.25 bits per heavy atom. The molecule has 1 aliphatic rings.